The van der Waals surface area contributed by atoms with E-state index in [2.05, 4.69) is 4.98 Å². The number of ether oxygens (including phenoxy) is 1. The van der Waals surface area contributed by atoms with Gasteiger partial charge in [-0.05, 0) is 17.7 Å². The maximum absolute atomic E-state index is 13.3. The first-order valence-corrected chi connectivity index (χ1v) is 7.46. The Morgan fingerprint density at radius 3 is 2.40 bits per heavy atom. The second-order valence-electron chi connectivity index (χ2n) is 5.80. The zero-order valence-corrected chi connectivity index (χ0v) is 13.4. The van der Waals surface area contributed by atoms with E-state index in [0.29, 0.717) is 16.8 Å². The normalized spacial score (nSPS) is 13.2. The summed E-state index contributed by atoms with van der Waals surface area (Å²) in [5.41, 5.74) is 0.352. The molecule has 0 saturated carbocycles. The van der Waals surface area contributed by atoms with Crippen LogP contribution in [-0.2, 0) is 25.4 Å². The number of fused-ring (bicyclic) bond motifs is 2. The van der Waals surface area contributed by atoms with E-state index < -0.39 is 23.0 Å². The number of carbonyl (C=O) groups excluding carboxylic acids is 1. The molecule has 8 heteroatoms. The van der Waals surface area contributed by atoms with E-state index in [1.807, 2.05) is 0 Å². The molecule has 0 aliphatic carbocycles. The third-order valence-corrected chi connectivity index (χ3v) is 4.34. The van der Waals surface area contributed by atoms with Gasteiger partial charge in [-0.1, -0.05) is 12.1 Å². The SMILES string of the molecule is Cn1c(=O)c2c(-c3ccc(F)cc3)c3c(nc2n(C)c1=O)COC3=O. The minimum Gasteiger partial charge on any atom is -0.455 e. The first-order valence-electron chi connectivity index (χ1n) is 7.46. The number of rotatable bonds is 1. The van der Waals surface area contributed by atoms with Crippen LogP contribution in [0.2, 0.25) is 0 Å². The molecule has 7 nitrogen and oxygen atoms in total. The fourth-order valence-electron chi connectivity index (χ4n) is 3.07. The van der Waals surface area contributed by atoms with Crippen molar-refractivity contribution in [3.05, 3.63) is 62.2 Å². The first kappa shape index (κ1) is 15.3. The third kappa shape index (κ3) is 2.03. The number of halogens is 1. The Bertz CT molecular complexity index is 1180. The van der Waals surface area contributed by atoms with Crippen LogP contribution in [0, 0.1) is 5.82 Å². The molecule has 2 aromatic heterocycles. The van der Waals surface area contributed by atoms with Gasteiger partial charge in [-0.25, -0.2) is 19.0 Å². The minimum absolute atomic E-state index is 0.0400. The molecule has 4 rings (SSSR count). The number of aryl methyl sites for hydroxylation is 1. The highest BCUT2D eigenvalue weighted by molar-refractivity contribution is 6.08. The molecule has 126 valence electrons. The second-order valence-corrected chi connectivity index (χ2v) is 5.80. The molecule has 0 fully saturated rings. The van der Waals surface area contributed by atoms with Crippen molar-refractivity contribution < 1.29 is 13.9 Å². The number of esters is 1. The Labute approximate surface area is 139 Å². The topological polar surface area (TPSA) is 83.2 Å². The van der Waals surface area contributed by atoms with E-state index in [-0.39, 0.29) is 23.2 Å². The van der Waals surface area contributed by atoms with E-state index in [9.17, 15) is 18.8 Å². The first-order chi connectivity index (χ1) is 11.9. The van der Waals surface area contributed by atoms with Crippen molar-refractivity contribution in [2.45, 2.75) is 6.61 Å². The molecule has 25 heavy (non-hydrogen) atoms. The third-order valence-electron chi connectivity index (χ3n) is 4.34. The molecule has 0 bridgehead atoms. The standard InChI is InChI=1S/C17H12FN3O4/c1-20-14-13(15(22)21(2)17(20)24)11(8-3-5-9(18)6-4-8)12-10(19-14)7-25-16(12)23/h3-6H,7H2,1-2H3. The van der Waals surface area contributed by atoms with Crippen molar-refractivity contribution in [2.24, 2.45) is 14.1 Å². The number of cyclic esters (lactones) is 1. The highest BCUT2D eigenvalue weighted by Gasteiger charge is 2.31. The summed E-state index contributed by atoms with van der Waals surface area (Å²) in [7, 11) is 2.85. The quantitative estimate of drug-likeness (QED) is 0.619. The number of hydrogen-bond acceptors (Lipinski definition) is 5. The molecule has 0 saturated heterocycles. The lowest BCUT2D eigenvalue weighted by atomic mass is 9.96. The van der Waals surface area contributed by atoms with Crippen LogP contribution in [0.3, 0.4) is 0 Å². The zero-order valence-electron chi connectivity index (χ0n) is 13.4. The van der Waals surface area contributed by atoms with Crippen molar-refractivity contribution >= 4 is 17.0 Å². The van der Waals surface area contributed by atoms with E-state index in [0.717, 1.165) is 4.57 Å². The number of benzene rings is 1. The summed E-state index contributed by atoms with van der Waals surface area (Å²) in [5.74, 6) is -1.04. The van der Waals surface area contributed by atoms with Gasteiger partial charge in [-0.15, -0.1) is 0 Å². The van der Waals surface area contributed by atoms with E-state index in [1.165, 1.54) is 42.9 Å². The molecule has 0 atom stereocenters. The van der Waals surface area contributed by atoms with Crippen LogP contribution in [0.1, 0.15) is 16.1 Å². The lowest BCUT2D eigenvalue weighted by Crippen LogP contribution is -2.37. The molecule has 1 aliphatic rings. The largest absolute Gasteiger partial charge is 0.455 e. The summed E-state index contributed by atoms with van der Waals surface area (Å²) < 4.78 is 20.6. The minimum atomic E-state index is -0.598. The lowest BCUT2D eigenvalue weighted by molar-refractivity contribution is 0.0534. The molecule has 3 heterocycles. The number of carbonyl (C=O) groups is 1. The van der Waals surface area contributed by atoms with Gasteiger partial charge in [0.15, 0.2) is 0 Å². The Balaban J connectivity index is 2.28. The summed E-state index contributed by atoms with van der Waals surface area (Å²) in [5, 5.41) is 0.119. The van der Waals surface area contributed by atoms with E-state index >= 15 is 0 Å². The predicted octanol–water partition coefficient (Wildman–Crippen LogP) is 1.11. The summed E-state index contributed by atoms with van der Waals surface area (Å²) >= 11 is 0. The summed E-state index contributed by atoms with van der Waals surface area (Å²) in [4.78, 5) is 41.5. The van der Waals surface area contributed by atoms with E-state index in [4.69, 9.17) is 4.74 Å². The van der Waals surface area contributed by atoms with Crippen LogP contribution in [-0.4, -0.2) is 20.1 Å². The van der Waals surface area contributed by atoms with Crippen LogP contribution < -0.4 is 11.2 Å². The molecular weight excluding hydrogens is 329 g/mol. The average molecular weight is 341 g/mol. The zero-order chi connectivity index (χ0) is 17.9. The smallest absolute Gasteiger partial charge is 0.341 e. The van der Waals surface area contributed by atoms with Gasteiger partial charge in [0.2, 0.25) is 0 Å². The lowest BCUT2D eigenvalue weighted by Gasteiger charge is -2.13. The maximum atomic E-state index is 13.3. The number of hydrogen-bond donors (Lipinski definition) is 0. The average Bonchev–Trinajstić information content (AvgIpc) is 2.98. The second kappa shape index (κ2) is 5.10. The van der Waals surface area contributed by atoms with Crippen LogP contribution in [0.5, 0.6) is 0 Å². The van der Waals surface area contributed by atoms with Crippen molar-refractivity contribution in [3.8, 4) is 11.1 Å². The molecule has 3 aromatic rings. The van der Waals surface area contributed by atoms with Gasteiger partial charge in [-0.3, -0.25) is 13.9 Å². The molecule has 0 radical (unpaired) electrons. The number of aromatic nitrogens is 3. The van der Waals surface area contributed by atoms with Gasteiger partial charge >= 0.3 is 11.7 Å². The van der Waals surface area contributed by atoms with Gasteiger partial charge < -0.3 is 4.74 Å². The Morgan fingerprint density at radius 1 is 1.04 bits per heavy atom. The van der Waals surface area contributed by atoms with Crippen LogP contribution in [0.15, 0.2) is 33.9 Å². The number of nitrogens with zero attached hydrogens (tertiary/aromatic N) is 3. The Morgan fingerprint density at radius 2 is 1.72 bits per heavy atom. The van der Waals surface area contributed by atoms with Crippen molar-refractivity contribution in [1.29, 1.82) is 0 Å². The molecule has 0 spiro atoms. The molecule has 0 amide bonds. The van der Waals surface area contributed by atoms with Crippen molar-refractivity contribution in [2.75, 3.05) is 0 Å². The van der Waals surface area contributed by atoms with Gasteiger partial charge in [0, 0.05) is 19.7 Å². The van der Waals surface area contributed by atoms with Crippen molar-refractivity contribution in [1.82, 2.24) is 14.1 Å². The molecule has 1 aliphatic heterocycles. The fourth-order valence-corrected chi connectivity index (χ4v) is 3.07. The monoisotopic (exact) mass is 341 g/mol. The van der Waals surface area contributed by atoms with Crippen molar-refractivity contribution in [3.63, 3.8) is 0 Å². The Hall–Kier alpha value is -3.29. The molecular formula is C17H12FN3O4. The van der Waals surface area contributed by atoms with Gasteiger partial charge in [0.1, 0.15) is 18.1 Å². The maximum Gasteiger partial charge on any atom is 0.341 e. The fraction of sp³-hybridized carbons (Fsp3) is 0.176. The van der Waals surface area contributed by atoms with Crippen LogP contribution >= 0.6 is 0 Å². The van der Waals surface area contributed by atoms with Gasteiger partial charge in [0.05, 0.1) is 16.6 Å². The van der Waals surface area contributed by atoms with Crippen LogP contribution in [0.25, 0.3) is 22.2 Å². The number of pyridine rings is 1. The molecule has 0 unspecified atom stereocenters. The van der Waals surface area contributed by atoms with E-state index in [1.54, 1.807) is 0 Å². The highest BCUT2D eigenvalue weighted by Crippen LogP contribution is 2.34. The Kier molecular flexibility index (Phi) is 3.11. The van der Waals surface area contributed by atoms with Crippen LogP contribution in [0.4, 0.5) is 4.39 Å². The molecule has 1 aromatic carbocycles. The van der Waals surface area contributed by atoms with Gasteiger partial charge in [-0.2, -0.15) is 0 Å². The van der Waals surface area contributed by atoms with Gasteiger partial charge in [0.25, 0.3) is 5.56 Å². The predicted molar refractivity (Wildman–Crippen MR) is 86.7 cm³/mol. The summed E-state index contributed by atoms with van der Waals surface area (Å²) in [6.07, 6.45) is 0. The highest BCUT2D eigenvalue weighted by atomic mass is 19.1. The summed E-state index contributed by atoms with van der Waals surface area (Å²) in [6.45, 7) is -0.0400. The molecule has 0 N–H and O–H groups in total. The summed E-state index contributed by atoms with van der Waals surface area (Å²) in [6, 6.07) is 5.42.